The smallest absolute Gasteiger partial charge is 0.338 e. The molecule has 0 radical (unpaired) electrons. The van der Waals surface area contributed by atoms with Crippen LogP contribution in [0.3, 0.4) is 0 Å². The van der Waals surface area contributed by atoms with E-state index in [0.29, 0.717) is 18.1 Å². The van der Waals surface area contributed by atoms with Crippen LogP contribution in [-0.4, -0.2) is 23.7 Å². The van der Waals surface area contributed by atoms with Crippen LogP contribution in [0.4, 0.5) is 5.69 Å². The molecule has 3 atom stereocenters. The highest BCUT2D eigenvalue weighted by molar-refractivity contribution is 5.90. The summed E-state index contributed by atoms with van der Waals surface area (Å²) in [5.74, 6) is -0.675. The summed E-state index contributed by atoms with van der Waals surface area (Å²) < 4.78 is 5.13. The average Bonchev–Trinajstić information content (AvgIpc) is 3.17. The molecule has 0 aromatic heterocycles. The van der Waals surface area contributed by atoms with E-state index in [2.05, 4.69) is 17.5 Å². The first-order valence-corrected chi connectivity index (χ1v) is 9.16. The summed E-state index contributed by atoms with van der Waals surface area (Å²) in [6.07, 6.45) is 5.33. The van der Waals surface area contributed by atoms with Crippen molar-refractivity contribution in [1.29, 1.82) is 0 Å². The molecule has 2 aromatic carbocycles. The maximum Gasteiger partial charge on any atom is 0.338 e. The third-order valence-electron chi connectivity index (χ3n) is 5.39. The van der Waals surface area contributed by atoms with Gasteiger partial charge in [0.25, 0.3) is 0 Å². The van der Waals surface area contributed by atoms with E-state index in [0.717, 1.165) is 23.2 Å². The number of fused-ring (bicyclic) bond motifs is 3. The van der Waals surface area contributed by atoms with Crippen molar-refractivity contribution in [2.45, 2.75) is 25.3 Å². The number of anilines is 1. The Morgan fingerprint density at radius 3 is 2.59 bits per heavy atom. The van der Waals surface area contributed by atoms with Crippen molar-refractivity contribution >= 4 is 17.6 Å². The minimum absolute atomic E-state index is 0.0915. The predicted molar refractivity (Wildman–Crippen MR) is 102 cm³/mol. The van der Waals surface area contributed by atoms with Crippen molar-refractivity contribution in [3.8, 4) is 0 Å². The van der Waals surface area contributed by atoms with Gasteiger partial charge >= 0.3 is 11.9 Å². The molecule has 1 aliphatic heterocycles. The van der Waals surface area contributed by atoms with Crippen molar-refractivity contribution in [2.24, 2.45) is 5.92 Å². The monoisotopic (exact) mass is 363 g/mol. The number of aromatic carboxylic acids is 1. The number of nitrogens with one attached hydrogen (secondary N) is 1. The molecule has 2 aromatic rings. The van der Waals surface area contributed by atoms with Crippen LogP contribution in [0.1, 0.15) is 57.1 Å². The molecule has 0 amide bonds. The summed E-state index contributed by atoms with van der Waals surface area (Å²) in [4.78, 5) is 23.2. The molecule has 2 N–H and O–H groups in total. The lowest BCUT2D eigenvalue weighted by Crippen LogP contribution is -2.29. The molecule has 0 saturated heterocycles. The van der Waals surface area contributed by atoms with Gasteiger partial charge < -0.3 is 15.2 Å². The second-order valence-electron chi connectivity index (χ2n) is 6.93. The SMILES string of the molecule is CCOC(=O)c1ccc2c(c1)[C@@H]1C=CC[C@@H]1[C@@H](c1ccc(C(=O)O)cc1)N2. The zero-order valence-electron chi connectivity index (χ0n) is 15.0. The van der Waals surface area contributed by atoms with Crippen LogP contribution in [0, 0.1) is 5.92 Å². The fourth-order valence-corrected chi connectivity index (χ4v) is 4.10. The van der Waals surface area contributed by atoms with Gasteiger partial charge in [-0.05, 0) is 60.7 Å². The van der Waals surface area contributed by atoms with Gasteiger partial charge in [-0.3, -0.25) is 0 Å². The summed E-state index contributed by atoms with van der Waals surface area (Å²) in [7, 11) is 0. The van der Waals surface area contributed by atoms with Crippen LogP contribution in [-0.2, 0) is 4.74 Å². The number of carboxylic acids is 1. The van der Waals surface area contributed by atoms with Gasteiger partial charge in [-0.2, -0.15) is 0 Å². The number of carbonyl (C=O) groups excluding carboxylic acids is 1. The van der Waals surface area contributed by atoms with E-state index in [-0.39, 0.29) is 23.5 Å². The van der Waals surface area contributed by atoms with Crippen LogP contribution in [0.25, 0.3) is 0 Å². The number of hydrogen-bond acceptors (Lipinski definition) is 4. The van der Waals surface area contributed by atoms with Crippen LogP contribution >= 0.6 is 0 Å². The fourth-order valence-electron chi connectivity index (χ4n) is 4.10. The molecule has 0 spiro atoms. The summed E-state index contributed by atoms with van der Waals surface area (Å²) >= 11 is 0. The van der Waals surface area contributed by atoms with Gasteiger partial charge in [-0.1, -0.05) is 24.3 Å². The van der Waals surface area contributed by atoms with E-state index in [1.165, 1.54) is 0 Å². The third-order valence-corrected chi connectivity index (χ3v) is 5.39. The average molecular weight is 363 g/mol. The number of rotatable bonds is 4. The largest absolute Gasteiger partial charge is 0.478 e. The first-order valence-electron chi connectivity index (χ1n) is 9.16. The van der Waals surface area contributed by atoms with Crippen LogP contribution in [0.2, 0.25) is 0 Å². The molecule has 1 aliphatic carbocycles. The van der Waals surface area contributed by atoms with Crippen LogP contribution in [0.5, 0.6) is 0 Å². The minimum atomic E-state index is -0.921. The second-order valence-corrected chi connectivity index (χ2v) is 6.93. The number of esters is 1. The third kappa shape index (κ3) is 3.10. The summed E-state index contributed by atoms with van der Waals surface area (Å²) in [6, 6.07) is 12.8. The lowest BCUT2D eigenvalue weighted by atomic mass is 9.76. The maximum absolute atomic E-state index is 12.1. The van der Waals surface area contributed by atoms with Gasteiger partial charge in [0, 0.05) is 11.6 Å². The van der Waals surface area contributed by atoms with E-state index in [1.807, 2.05) is 24.3 Å². The topological polar surface area (TPSA) is 75.6 Å². The molecule has 0 saturated carbocycles. The van der Waals surface area contributed by atoms with Gasteiger partial charge in [0.05, 0.1) is 23.8 Å². The van der Waals surface area contributed by atoms with E-state index in [9.17, 15) is 9.59 Å². The van der Waals surface area contributed by atoms with Crippen molar-refractivity contribution in [1.82, 2.24) is 0 Å². The van der Waals surface area contributed by atoms with E-state index < -0.39 is 5.97 Å². The summed E-state index contributed by atoms with van der Waals surface area (Å²) in [5.41, 5.74) is 4.04. The number of allylic oxidation sites excluding steroid dienone is 2. The highest BCUT2D eigenvalue weighted by Crippen LogP contribution is 2.49. The molecule has 2 aliphatic rings. The Morgan fingerprint density at radius 1 is 1.15 bits per heavy atom. The minimum Gasteiger partial charge on any atom is -0.478 e. The highest BCUT2D eigenvalue weighted by Gasteiger charge is 2.38. The zero-order chi connectivity index (χ0) is 19.0. The molecular formula is C22H21NO4. The van der Waals surface area contributed by atoms with Crippen molar-refractivity contribution < 1.29 is 19.4 Å². The Morgan fingerprint density at radius 2 is 1.89 bits per heavy atom. The molecular weight excluding hydrogens is 342 g/mol. The number of carboxylic acid groups (broad SMARTS) is 1. The molecule has 0 unspecified atom stereocenters. The van der Waals surface area contributed by atoms with Gasteiger partial charge in [0.2, 0.25) is 0 Å². The van der Waals surface area contributed by atoms with Gasteiger partial charge in [-0.25, -0.2) is 9.59 Å². The van der Waals surface area contributed by atoms with E-state index in [1.54, 1.807) is 25.1 Å². The quantitative estimate of drug-likeness (QED) is 0.622. The van der Waals surface area contributed by atoms with Crippen LogP contribution in [0.15, 0.2) is 54.6 Å². The molecule has 27 heavy (non-hydrogen) atoms. The van der Waals surface area contributed by atoms with Gasteiger partial charge in [0.1, 0.15) is 0 Å². The normalized spacial score (nSPS) is 22.5. The number of hydrogen-bond donors (Lipinski definition) is 2. The number of carbonyl (C=O) groups is 2. The molecule has 5 nitrogen and oxygen atoms in total. The second kappa shape index (κ2) is 6.91. The Kier molecular flexibility index (Phi) is 4.44. The maximum atomic E-state index is 12.1. The van der Waals surface area contributed by atoms with Crippen molar-refractivity contribution in [3.63, 3.8) is 0 Å². The lowest BCUT2D eigenvalue weighted by Gasteiger charge is -2.37. The fraction of sp³-hybridized carbons (Fsp3) is 0.273. The highest BCUT2D eigenvalue weighted by atomic mass is 16.5. The molecule has 5 heteroatoms. The van der Waals surface area contributed by atoms with E-state index in [4.69, 9.17) is 9.84 Å². The van der Waals surface area contributed by atoms with Gasteiger partial charge in [-0.15, -0.1) is 0 Å². The zero-order valence-corrected chi connectivity index (χ0v) is 15.0. The molecule has 4 rings (SSSR count). The molecule has 1 heterocycles. The standard InChI is InChI=1S/C22H21NO4/c1-2-27-22(26)15-10-11-19-18(12-15)16-4-3-5-17(16)20(23-19)13-6-8-14(9-7-13)21(24)25/h3-4,6-12,16-17,20,23H,2,5H2,1H3,(H,24,25)/t16-,17+,20-/m1/s1. The van der Waals surface area contributed by atoms with Crippen LogP contribution < -0.4 is 5.32 Å². The Labute approximate surface area is 157 Å². The lowest BCUT2D eigenvalue weighted by molar-refractivity contribution is 0.0525. The summed E-state index contributed by atoms with van der Waals surface area (Å²) in [6.45, 7) is 2.16. The predicted octanol–water partition coefficient (Wildman–Crippen LogP) is 4.39. The first-order chi connectivity index (χ1) is 13.1. The van der Waals surface area contributed by atoms with E-state index >= 15 is 0 Å². The van der Waals surface area contributed by atoms with Crippen molar-refractivity contribution in [2.75, 3.05) is 11.9 Å². The Bertz CT molecular complexity index is 916. The summed E-state index contributed by atoms with van der Waals surface area (Å²) in [5, 5.41) is 12.7. The number of ether oxygens (including phenoxy) is 1. The van der Waals surface area contributed by atoms with Gasteiger partial charge in [0.15, 0.2) is 0 Å². The molecule has 0 bridgehead atoms. The van der Waals surface area contributed by atoms with Crippen molar-refractivity contribution in [3.05, 3.63) is 76.9 Å². The first kappa shape index (κ1) is 17.3. The number of benzene rings is 2. The molecule has 138 valence electrons. The molecule has 0 fully saturated rings. The Hall–Kier alpha value is -3.08. The Balaban J connectivity index is 1.68.